The first kappa shape index (κ1) is 29.4. The second-order valence-electron chi connectivity index (χ2n) is 10.1. The highest BCUT2D eigenvalue weighted by molar-refractivity contribution is 6.13. The summed E-state index contributed by atoms with van der Waals surface area (Å²) >= 11 is 0. The van der Waals surface area contributed by atoms with Crippen molar-refractivity contribution < 1.29 is 27.9 Å². The predicted molar refractivity (Wildman–Crippen MR) is 151 cm³/mol. The van der Waals surface area contributed by atoms with Crippen molar-refractivity contribution in [3.63, 3.8) is 0 Å². The van der Waals surface area contributed by atoms with Gasteiger partial charge in [0.25, 0.3) is 0 Å². The lowest BCUT2D eigenvalue weighted by molar-refractivity contribution is -0.133. The summed E-state index contributed by atoms with van der Waals surface area (Å²) in [5.74, 6) is -1.47. The van der Waals surface area contributed by atoms with E-state index < -0.39 is 28.9 Å². The number of carbonyl (C=O) groups is 3. The van der Waals surface area contributed by atoms with Gasteiger partial charge in [-0.05, 0) is 69.4 Å². The standard InChI is InChI=1S/C30H33F2N5O4/c1-5-7-23(21(31)6-2)34-29(40)30(14-15-30)28(39)33-20-11-12-24(22(32)16-20)41-18(3)8-13-26-35-25(17-37(26)4)36-27(38)19-9-10-19/h5,7-8,11-13,16-17,19H,3,6,9-10,14-15H2,1-2,4H3,(H,33,39)(H,34,40)(H,36,38)/b7-5-,13-8-,23-21-. The predicted octanol–water partition coefficient (Wildman–Crippen LogP) is 5.52. The number of allylic oxidation sites excluding steroid dienone is 4. The first-order valence-electron chi connectivity index (χ1n) is 13.4. The number of ether oxygens (including phenoxy) is 1. The molecule has 41 heavy (non-hydrogen) atoms. The van der Waals surface area contributed by atoms with E-state index in [9.17, 15) is 23.2 Å². The van der Waals surface area contributed by atoms with E-state index >= 15 is 0 Å². The number of amides is 3. The number of benzene rings is 1. The minimum absolute atomic E-state index is 0.0181. The molecule has 0 aliphatic heterocycles. The van der Waals surface area contributed by atoms with E-state index in [1.165, 1.54) is 24.3 Å². The maximum absolute atomic E-state index is 14.8. The van der Waals surface area contributed by atoms with Gasteiger partial charge in [0.1, 0.15) is 22.8 Å². The third-order valence-corrected chi connectivity index (χ3v) is 6.76. The van der Waals surface area contributed by atoms with E-state index in [1.54, 1.807) is 43.8 Å². The van der Waals surface area contributed by atoms with Crippen LogP contribution in [0.3, 0.4) is 0 Å². The third-order valence-electron chi connectivity index (χ3n) is 6.76. The Kier molecular flexibility index (Phi) is 8.85. The molecule has 0 spiro atoms. The highest BCUT2D eigenvalue weighted by Gasteiger charge is 2.56. The fourth-order valence-electron chi connectivity index (χ4n) is 4.01. The van der Waals surface area contributed by atoms with E-state index in [0.717, 1.165) is 18.9 Å². The van der Waals surface area contributed by atoms with E-state index in [4.69, 9.17) is 4.74 Å². The van der Waals surface area contributed by atoms with Gasteiger partial charge in [0.2, 0.25) is 17.7 Å². The molecule has 1 aromatic carbocycles. The Balaban J connectivity index is 1.34. The Morgan fingerprint density at radius 1 is 1.20 bits per heavy atom. The maximum Gasteiger partial charge on any atom is 0.240 e. The molecular formula is C30H33F2N5O4. The van der Waals surface area contributed by atoms with Crippen molar-refractivity contribution in [1.82, 2.24) is 14.9 Å². The molecule has 1 heterocycles. The monoisotopic (exact) mass is 565 g/mol. The average Bonchev–Trinajstić information content (AvgIpc) is 3.85. The van der Waals surface area contributed by atoms with Gasteiger partial charge < -0.3 is 25.3 Å². The van der Waals surface area contributed by atoms with Gasteiger partial charge in [-0.25, -0.2) is 13.8 Å². The van der Waals surface area contributed by atoms with E-state index in [1.807, 2.05) is 0 Å². The Bertz CT molecular complexity index is 1470. The largest absolute Gasteiger partial charge is 0.455 e. The summed E-state index contributed by atoms with van der Waals surface area (Å²) in [6.45, 7) is 7.09. The molecule has 3 amide bonds. The molecule has 2 aromatic rings. The number of hydrogen-bond donors (Lipinski definition) is 3. The van der Waals surface area contributed by atoms with Gasteiger partial charge in [0.05, 0.1) is 5.70 Å². The van der Waals surface area contributed by atoms with Gasteiger partial charge in [0.15, 0.2) is 17.4 Å². The highest BCUT2D eigenvalue weighted by Crippen LogP contribution is 2.47. The van der Waals surface area contributed by atoms with Gasteiger partial charge in [-0.15, -0.1) is 0 Å². The molecular weight excluding hydrogens is 532 g/mol. The normalized spacial score (nSPS) is 16.3. The number of hydrogen-bond acceptors (Lipinski definition) is 5. The summed E-state index contributed by atoms with van der Waals surface area (Å²) < 4.78 is 36.2. The van der Waals surface area contributed by atoms with Crippen LogP contribution >= 0.6 is 0 Å². The molecule has 0 atom stereocenters. The van der Waals surface area contributed by atoms with Crippen molar-refractivity contribution in [3.8, 4) is 5.75 Å². The Morgan fingerprint density at radius 3 is 2.54 bits per heavy atom. The summed E-state index contributed by atoms with van der Waals surface area (Å²) in [6, 6.07) is 3.85. The molecule has 0 bridgehead atoms. The number of aryl methyl sites for hydroxylation is 1. The van der Waals surface area contributed by atoms with Crippen LogP contribution in [0, 0.1) is 17.2 Å². The molecule has 1 aromatic heterocycles. The summed E-state index contributed by atoms with van der Waals surface area (Å²) in [4.78, 5) is 42.1. The van der Waals surface area contributed by atoms with Crippen LogP contribution < -0.4 is 20.7 Å². The quantitative estimate of drug-likeness (QED) is 0.178. The van der Waals surface area contributed by atoms with Crippen LogP contribution in [0.25, 0.3) is 6.08 Å². The number of nitrogens with one attached hydrogen (secondary N) is 3. The van der Waals surface area contributed by atoms with Crippen LogP contribution in [0.2, 0.25) is 0 Å². The zero-order valence-corrected chi connectivity index (χ0v) is 23.2. The van der Waals surface area contributed by atoms with Crippen LogP contribution in [0.15, 0.2) is 66.5 Å². The Labute approximate surface area is 237 Å². The van der Waals surface area contributed by atoms with E-state index in [-0.39, 0.29) is 41.1 Å². The average molecular weight is 566 g/mol. The lowest BCUT2D eigenvalue weighted by Crippen LogP contribution is -2.39. The number of rotatable bonds is 12. The molecule has 2 aliphatic rings. The van der Waals surface area contributed by atoms with Crippen LogP contribution in [0.5, 0.6) is 5.75 Å². The molecule has 9 nitrogen and oxygen atoms in total. The molecule has 0 unspecified atom stereocenters. The summed E-state index contributed by atoms with van der Waals surface area (Å²) in [7, 11) is 1.77. The molecule has 2 fully saturated rings. The fraction of sp³-hybridized carbons (Fsp3) is 0.333. The molecule has 2 saturated carbocycles. The number of carbonyl (C=O) groups excluding carboxylic acids is 3. The van der Waals surface area contributed by atoms with Gasteiger partial charge in [-0.3, -0.25) is 14.4 Å². The number of nitrogens with zero attached hydrogens (tertiary/aromatic N) is 2. The topological polar surface area (TPSA) is 114 Å². The molecule has 11 heteroatoms. The number of anilines is 2. The second kappa shape index (κ2) is 12.3. The van der Waals surface area contributed by atoms with Crippen molar-refractivity contribution in [3.05, 3.63) is 78.1 Å². The molecule has 4 rings (SSSR count). The lowest BCUT2D eigenvalue weighted by atomic mass is 10.0. The molecule has 2 aliphatic carbocycles. The highest BCUT2D eigenvalue weighted by atomic mass is 19.1. The minimum Gasteiger partial charge on any atom is -0.455 e. The van der Waals surface area contributed by atoms with Crippen molar-refractivity contribution >= 4 is 35.3 Å². The Hall–Kier alpha value is -4.54. The Morgan fingerprint density at radius 2 is 1.93 bits per heavy atom. The molecule has 216 valence electrons. The SMILES string of the molecule is C=C(/C=C\c1nc(NC(=O)C2CC2)cn1C)Oc1ccc(NC(=O)C2(C(=O)NC(/C=C\C)=C(\F)CC)CC2)cc1F. The zero-order chi connectivity index (χ0) is 29.7. The van der Waals surface area contributed by atoms with Gasteiger partial charge in [-0.1, -0.05) is 19.6 Å². The van der Waals surface area contributed by atoms with Crippen molar-refractivity contribution in [1.29, 1.82) is 0 Å². The fourth-order valence-corrected chi connectivity index (χ4v) is 4.01. The molecule has 0 saturated heterocycles. The number of halogens is 2. The summed E-state index contributed by atoms with van der Waals surface area (Å²) in [5.41, 5.74) is -1.20. The van der Waals surface area contributed by atoms with Crippen LogP contribution in [-0.4, -0.2) is 27.3 Å². The molecule has 0 radical (unpaired) electrons. The lowest BCUT2D eigenvalue weighted by Gasteiger charge is -2.17. The zero-order valence-electron chi connectivity index (χ0n) is 23.2. The summed E-state index contributed by atoms with van der Waals surface area (Å²) in [5, 5.41) is 7.86. The van der Waals surface area contributed by atoms with Crippen LogP contribution in [0.1, 0.15) is 51.8 Å². The smallest absolute Gasteiger partial charge is 0.240 e. The van der Waals surface area contributed by atoms with E-state index in [2.05, 4.69) is 27.5 Å². The maximum atomic E-state index is 14.8. The minimum atomic E-state index is -1.35. The van der Waals surface area contributed by atoms with E-state index in [0.29, 0.717) is 24.5 Å². The second-order valence-corrected chi connectivity index (χ2v) is 10.1. The van der Waals surface area contributed by atoms with Gasteiger partial charge in [0, 0.05) is 30.9 Å². The van der Waals surface area contributed by atoms with Crippen LogP contribution in [0.4, 0.5) is 20.3 Å². The number of imidazole rings is 1. The van der Waals surface area contributed by atoms with Gasteiger partial charge in [-0.2, -0.15) is 0 Å². The van der Waals surface area contributed by atoms with Gasteiger partial charge >= 0.3 is 0 Å². The van der Waals surface area contributed by atoms with Crippen molar-refractivity contribution in [2.24, 2.45) is 18.4 Å². The molecule has 3 N–H and O–H groups in total. The number of aromatic nitrogens is 2. The van der Waals surface area contributed by atoms with Crippen molar-refractivity contribution in [2.75, 3.05) is 10.6 Å². The first-order chi connectivity index (χ1) is 19.6. The third kappa shape index (κ3) is 7.16. The van der Waals surface area contributed by atoms with Crippen LogP contribution in [-0.2, 0) is 21.4 Å². The first-order valence-corrected chi connectivity index (χ1v) is 13.4. The summed E-state index contributed by atoms with van der Waals surface area (Å²) in [6.07, 6.45) is 10.3. The van der Waals surface area contributed by atoms with Crippen molar-refractivity contribution in [2.45, 2.75) is 46.0 Å².